The third kappa shape index (κ3) is 4.37. The van der Waals surface area contributed by atoms with E-state index in [9.17, 15) is 4.79 Å². The van der Waals surface area contributed by atoms with E-state index >= 15 is 0 Å². The fourth-order valence-corrected chi connectivity index (χ4v) is 1.72. The number of carbonyl (C=O) groups excluding carboxylic acids is 1. The monoisotopic (exact) mass is 262 g/mol. The summed E-state index contributed by atoms with van der Waals surface area (Å²) in [5, 5.41) is 2.74. The third-order valence-electron chi connectivity index (χ3n) is 2.86. The molecule has 3 N–H and O–H groups in total. The first-order chi connectivity index (χ1) is 9.12. The number of nitrogens with two attached hydrogens (primary N) is 1. The maximum absolute atomic E-state index is 11.7. The smallest absolute Gasteiger partial charge is 0.241 e. The molecule has 5 nitrogen and oxygen atoms in total. The highest BCUT2D eigenvalue weighted by atomic mass is 16.2. The second-order valence-corrected chi connectivity index (χ2v) is 4.20. The molecule has 0 aliphatic carbocycles. The summed E-state index contributed by atoms with van der Waals surface area (Å²) in [6.07, 6.45) is 3.73. The van der Waals surface area contributed by atoms with E-state index in [1.54, 1.807) is 12.3 Å². The number of nitrogens with one attached hydrogen (secondary N) is 1. The van der Waals surface area contributed by atoms with Gasteiger partial charge in [0.1, 0.15) is 5.82 Å². The molecule has 0 aliphatic rings. The molecule has 1 amide bonds. The van der Waals surface area contributed by atoms with Crippen LogP contribution in [-0.2, 0) is 4.79 Å². The minimum absolute atomic E-state index is 0.225. The van der Waals surface area contributed by atoms with Gasteiger partial charge in [0, 0.05) is 13.1 Å². The molecule has 0 bridgehead atoms. The van der Waals surface area contributed by atoms with Gasteiger partial charge >= 0.3 is 0 Å². The molecule has 1 atom stereocenters. The van der Waals surface area contributed by atoms with Crippen LogP contribution in [0.5, 0.6) is 0 Å². The molecule has 0 aromatic carbocycles. The summed E-state index contributed by atoms with van der Waals surface area (Å²) in [5.41, 5.74) is 6.34. The maximum atomic E-state index is 11.7. The minimum atomic E-state index is -0.569. The van der Waals surface area contributed by atoms with E-state index in [0.29, 0.717) is 12.1 Å². The summed E-state index contributed by atoms with van der Waals surface area (Å²) >= 11 is 0. The van der Waals surface area contributed by atoms with Gasteiger partial charge in [0.2, 0.25) is 5.91 Å². The molecule has 1 rings (SSSR count). The highest BCUT2D eigenvalue weighted by Gasteiger charge is 2.12. The number of hydrogen-bond donors (Lipinski definition) is 2. The SMILES string of the molecule is C=CCC(N)C(=O)Nc1ccc(N(CC)CC)nc1. The van der Waals surface area contributed by atoms with Crippen LogP contribution in [0, 0.1) is 0 Å². The zero-order chi connectivity index (χ0) is 14.3. The van der Waals surface area contributed by atoms with Gasteiger partial charge in [0.25, 0.3) is 0 Å². The van der Waals surface area contributed by atoms with E-state index in [1.807, 2.05) is 12.1 Å². The highest BCUT2D eigenvalue weighted by Crippen LogP contribution is 2.14. The van der Waals surface area contributed by atoms with Crippen LogP contribution in [0.3, 0.4) is 0 Å². The first-order valence-electron chi connectivity index (χ1n) is 6.50. The molecule has 1 unspecified atom stereocenters. The molecule has 19 heavy (non-hydrogen) atoms. The topological polar surface area (TPSA) is 71.2 Å². The summed E-state index contributed by atoms with van der Waals surface area (Å²) in [6.45, 7) is 9.52. The normalized spacial score (nSPS) is 11.7. The second-order valence-electron chi connectivity index (χ2n) is 4.20. The lowest BCUT2D eigenvalue weighted by Crippen LogP contribution is -2.35. The predicted octanol–water partition coefficient (Wildman–Crippen LogP) is 1.77. The Balaban J connectivity index is 2.66. The van der Waals surface area contributed by atoms with Crippen LogP contribution in [0.4, 0.5) is 11.5 Å². The lowest BCUT2D eigenvalue weighted by Gasteiger charge is -2.19. The van der Waals surface area contributed by atoms with Gasteiger partial charge in [-0.15, -0.1) is 6.58 Å². The third-order valence-corrected chi connectivity index (χ3v) is 2.86. The maximum Gasteiger partial charge on any atom is 0.241 e. The van der Waals surface area contributed by atoms with Crippen molar-refractivity contribution in [2.75, 3.05) is 23.3 Å². The Morgan fingerprint density at radius 2 is 2.21 bits per heavy atom. The van der Waals surface area contributed by atoms with Crippen LogP contribution >= 0.6 is 0 Å². The van der Waals surface area contributed by atoms with Crippen molar-refractivity contribution in [1.29, 1.82) is 0 Å². The molecule has 0 saturated carbocycles. The minimum Gasteiger partial charge on any atom is -0.357 e. The lowest BCUT2D eigenvalue weighted by atomic mass is 10.2. The summed E-state index contributed by atoms with van der Waals surface area (Å²) in [4.78, 5) is 18.2. The molecule has 0 saturated heterocycles. The number of anilines is 2. The Kier molecular flexibility index (Phi) is 6.02. The fourth-order valence-electron chi connectivity index (χ4n) is 1.72. The first-order valence-corrected chi connectivity index (χ1v) is 6.50. The van der Waals surface area contributed by atoms with Gasteiger partial charge in [0.15, 0.2) is 0 Å². The average molecular weight is 262 g/mol. The average Bonchev–Trinajstić information content (AvgIpc) is 2.42. The molecule has 104 valence electrons. The van der Waals surface area contributed by atoms with Crippen molar-refractivity contribution in [2.45, 2.75) is 26.3 Å². The van der Waals surface area contributed by atoms with Gasteiger partial charge in [-0.3, -0.25) is 4.79 Å². The number of amides is 1. The van der Waals surface area contributed by atoms with Crippen molar-refractivity contribution in [1.82, 2.24) is 4.98 Å². The Morgan fingerprint density at radius 1 is 1.53 bits per heavy atom. The van der Waals surface area contributed by atoms with Gasteiger partial charge in [-0.1, -0.05) is 6.08 Å². The van der Waals surface area contributed by atoms with Crippen molar-refractivity contribution in [2.24, 2.45) is 5.73 Å². The number of hydrogen-bond acceptors (Lipinski definition) is 4. The van der Waals surface area contributed by atoms with Gasteiger partial charge in [-0.25, -0.2) is 4.98 Å². The van der Waals surface area contributed by atoms with Crippen LogP contribution in [0.25, 0.3) is 0 Å². The van der Waals surface area contributed by atoms with E-state index in [-0.39, 0.29) is 5.91 Å². The summed E-state index contributed by atoms with van der Waals surface area (Å²) in [5.74, 6) is 0.677. The number of carbonyl (C=O) groups is 1. The van der Waals surface area contributed by atoms with Gasteiger partial charge in [-0.2, -0.15) is 0 Å². The van der Waals surface area contributed by atoms with Crippen molar-refractivity contribution in [3.8, 4) is 0 Å². The number of nitrogens with zero attached hydrogens (tertiary/aromatic N) is 2. The molecular weight excluding hydrogens is 240 g/mol. The molecule has 0 fully saturated rings. The molecule has 1 aromatic heterocycles. The van der Waals surface area contributed by atoms with Crippen molar-refractivity contribution >= 4 is 17.4 Å². The van der Waals surface area contributed by atoms with E-state index in [4.69, 9.17) is 5.73 Å². The zero-order valence-corrected chi connectivity index (χ0v) is 11.6. The standard InChI is InChI=1S/C14H22N4O/c1-4-7-12(15)14(19)17-11-8-9-13(16-10-11)18(5-2)6-3/h4,8-10,12H,1,5-7,15H2,2-3H3,(H,17,19). The fraction of sp³-hybridized carbons (Fsp3) is 0.429. The van der Waals surface area contributed by atoms with Crippen molar-refractivity contribution in [3.63, 3.8) is 0 Å². The van der Waals surface area contributed by atoms with Gasteiger partial charge in [0.05, 0.1) is 17.9 Å². The van der Waals surface area contributed by atoms with Crippen molar-refractivity contribution in [3.05, 3.63) is 31.0 Å². The van der Waals surface area contributed by atoms with E-state index < -0.39 is 6.04 Å². The number of pyridine rings is 1. The largest absolute Gasteiger partial charge is 0.357 e. The highest BCUT2D eigenvalue weighted by molar-refractivity contribution is 5.94. The molecule has 0 radical (unpaired) electrons. The molecule has 0 aliphatic heterocycles. The predicted molar refractivity (Wildman–Crippen MR) is 79.2 cm³/mol. The Labute approximate surface area is 114 Å². The van der Waals surface area contributed by atoms with E-state index in [2.05, 4.69) is 35.6 Å². The number of rotatable bonds is 7. The molecule has 1 heterocycles. The van der Waals surface area contributed by atoms with Crippen molar-refractivity contribution < 1.29 is 4.79 Å². The van der Waals surface area contributed by atoms with Crippen LogP contribution < -0.4 is 16.0 Å². The Morgan fingerprint density at radius 3 is 2.68 bits per heavy atom. The number of aromatic nitrogens is 1. The van der Waals surface area contributed by atoms with Crippen LogP contribution in [0.15, 0.2) is 31.0 Å². The molecular formula is C14H22N4O. The Bertz CT molecular complexity index is 412. The summed E-state index contributed by atoms with van der Waals surface area (Å²) < 4.78 is 0. The Hall–Kier alpha value is -1.88. The quantitative estimate of drug-likeness (QED) is 0.735. The van der Waals surface area contributed by atoms with Crippen LogP contribution in [0.2, 0.25) is 0 Å². The van der Waals surface area contributed by atoms with Crippen LogP contribution in [0.1, 0.15) is 20.3 Å². The van der Waals surface area contributed by atoms with Crippen LogP contribution in [-0.4, -0.2) is 30.0 Å². The lowest BCUT2D eigenvalue weighted by molar-refractivity contribution is -0.117. The van der Waals surface area contributed by atoms with E-state index in [1.165, 1.54) is 0 Å². The van der Waals surface area contributed by atoms with E-state index in [0.717, 1.165) is 18.9 Å². The first kappa shape index (κ1) is 15.2. The summed E-state index contributed by atoms with van der Waals surface area (Å²) in [7, 11) is 0. The summed E-state index contributed by atoms with van der Waals surface area (Å²) in [6, 6.07) is 3.15. The molecule has 0 spiro atoms. The van der Waals surface area contributed by atoms with Gasteiger partial charge in [-0.05, 0) is 32.4 Å². The second kappa shape index (κ2) is 7.53. The molecule has 1 aromatic rings. The molecule has 5 heteroatoms. The van der Waals surface area contributed by atoms with Gasteiger partial charge < -0.3 is 16.0 Å². The zero-order valence-electron chi connectivity index (χ0n) is 11.6.